The van der Waals surface area contributed by atoms with Gasteiger partial charge in [0.15, 0.2) is 0 Å². The molecule has 0 aromatic heterocycles. The summed E-state index contributed by atoms with van der Waals surface area (Å²) in [7, 11) is 0. The lowest BCUT2D eigenvalue weighted by Crippen LogP contribution is -2.08. The molecule has 96 valence electrons. The number of nitrogens with one attached hydrogen (secondary N) is 1. The number of benzene rings is 2. The molecule has 2 nitrogen and oxygen atoms in total. The first kappa shape index (κ1) is 13.5. The fourth-order valence-corrected chi connectivity index (χ4v) is 1.87. The van der Waals surface area contributed by atoms with Crippen LogP contribution in [0.5, 0.6) is 0 Å². The first-order valence-electron chi connectivity index (χ1n) is 5.65. The van der Waals surface area contributed by atoms with Crippen LogP contribution in [0, 0.1) is 5.82 Å². The first-order valence-corrected chi connectivity index (χ1v) is 6.44. The van der Waals surface area contributed by atoms with Crippen molar-refractivity contribution in [1.82, 2.24) is 0 Å². The molecule has 0 aliphatic carbocycles. The van der Waals surface area contributed by atoms with Crippen molar-refractivity contribution in [3.8, 4) is 0 Å². The maximum atomic E-state index is 13.3. The number of carbonyl (C=O) groups is 1. The van der Waals surface area contributed by atoms with Gasteiger partial charge in [0.2, 0.25) is 5.91 Å². The summed E-state index contributed by atoms with van der Waals surface area (Å²) in [5.74, 6) is -0.722. The Labute approximate surface area is 119 Å². The van der Waals surface area contributed by atoms with E-state index in [-0.39, 0.29) is 10.4 Å². The van der Waals surface area contributed by atoms with Gasteiger partial charge in [-0.1, -0.05) is 36.4 Å². The lowest BCUT2D eigenvalue weighted by Gasteiger charge is -2.05. The van der Waals surface area contributed by atoms with E-state index in [9.17, 15) is 9.18 Å². The minimum atomic E-state index is -0.412. The van der Waals surface area contributed by atoms with Gasteiger partial charge in [0, 0.05) is 6.08 Å². The molecule has 4 heteroatoms. The van der Waals surface area contributed by atoms with E-state index in [2.05, 4.69) is 21.2 Å². The summed E-state index contributed by atoms with van der Waals surface area (Å²) in [6.07, 6.45) is 3.11. The van der Waals surface area contributed by atoms with Gasteiger partial charge in [-0.2, -0.15) is 0 Å². The first-order chi connectivity index (χ1) is 9.16. The second-order valence-corrected chi connectivity index (χ2v) is 4.63. The average molecular weight is 320 g/mol. The molecule has 0 unspecified atom stereocenters. The highest BCUT2D eigenvalue weighted by Gasteiger charge is 2.06. The molecule has 0 radical (unpaired) electrons. The van der Waals surface area contributed by atoms with Crippen molar-refractivity contribution in [2.24, 2.45) is 0 Å². The van der Waals surface area contributed by atoms with Crippen LogP contribution in [0.3, 0.4) is 0 Å². The van der Waals surface area contributed by atoms with Crippen LogP contribution in [0.1, 0.15) is 5.56 Å². The van der Waals surface area contributed by atoms with Gasteiger partial charge in [-0.05, 0) is 39.7 Å². The highest BCUT2D eigenvalue weighted by Crippen LogP contribution is 2.24. The fourth-order valence-electron chi connectivity index (χ4n) is 1.51. The van der Waals surface area contributed by atoms with Crippen molar-refractivity contribution < 1.29 is 9.18 Å². The number of amides is 1. The molecule has 0 spiro atoms. The van der Waals surface area contributed by atoms with Crippen molar-refractivity contribution >= 4 is 33.6 Å². The van der Waals surface area contributed by atoms with E-state index in [4.69, 9.17) is 0 Å². The molecule has 2 rings (SSSR count). The Morgan fingerprint density at radius 3 is 2.58 bits per heavy atom. The second-order valence-electron chi connectivity index (χ2n) is 3.83. The molecule has 19 heavy (non-hydrogen) atoms. The Bertz CT molecular complexity index is 611. The zero-order valence-electron chi connectivity index (χ0n) is 9.94. The molecule has 0 aliphatic rings. The normalized spacial score (nSPS) is 10.6. The summed E-state index contributed by atoms with van der Waals surface area (Å²) in [6, 6.07) is 13.9. The Kier molecular flexibility index (Phi) is 4.47. The van der Waals surface area contributed by atoms with Crippen molar-refractivity contribution in [2.75, 3.05) is 5.32 Å². The van der Waals surface area contributed by atoms with E-state index < -0.39 is 5.82 Å². The lowest BCUT2D eigenvalue weighted by molar-refractivity contribution is -0.111. The summed E-state index contributed by atoms with van der Waals surface area (Å²) in [5.41, 5.74) is 1.33. The molecule has 0 aliphatic heterocycles. The number of anilines is 1. The number of hydrogen-bond acceptors (Lipinski definition) is 1. The molecule has 1 N–H and O–H groups in total. The SMILES string of the molecule is O=C(/C=C\c1ccccc1)Nc1cccc(F)c1Br. The largest absolute Gasteiger partial charge is 0.321 e. The fraction of sp³-hybridized carbons (Fsp3) is 0. The third kappa shape index (κ3) is 3.76. The lowest BCUT2D eigenvalue weighted by atomic mass is 10.2. The van der Waals surface area contributed by atoms with E-state index in [0.717, 1.165) is 5.56 Å². The molecule has 0 atom stereocenters. The third-order valence-corrected chi connectivity index (χ3v) is 3.24. The van der Waals surface area contributed by atoms with Gasteiger partial charge < -0.3 is 5.32 Å². The van der Waals surface area contributed by atoms with Crippen LogP contribution in [-0.2, 0) is 4.79 Å². The highest BCUT2D eigenvalue weighted by atomic mass is 79.9. The van der Waals surface area contributed by atoms with E-state index in [1.165, 1.54) is 18.2 Å². The summed E-state index contributed by atoms with van der Waals surface area (Å²) >= 11 is 3.09. The Morgan fingerprint density at radius 1 is 1.11 bits per heavy atom. The highest BCUT2D eigenvalue weighted by molar-refractivity contribution is 9.10. The third-order valence-electron chi connectivity index (χ3n) is 2.44. The topological polar surface area (TPSA) is 29.1 Å². The molecule has 0 saturated carbocycles. The minimum Gasteiger partial charge on any atom is -0.321 e. The van der Waals surface area contributed by atoms with Gasteiger partial charge >= 0.3 is 0 Å². The smallest absolute Gasteiger partial charge is 0.248 e. The molecule has 0 bridgehead atoms. The Balaban J connectivity index is 2.06. The zero-order valence-corrected chi connectivity index (χ0v) is 11.5. The second kappa shape index (κ2) is 6.29. The summed E-state index contributed by atoms with van der Waals surface area (Å²) in [5, 5.41) is 2.61. The van der Waals surface area contributed by atoms with Crippen LogP contribution in [0.4, 0.5) is 10.1 Å². The Morgan fingerprint density at radius 2 is 1.84 bits per heavy atom. The van der Waals surface area contributed by atoms with Gasteiger partial charge in [-0.15, -0.1) is 0 Å². The number of carbonyl (C=O) groups excluding carboxylic acids is 1. The molecular formula is C15H11BrFNO. The van der Waals surface area contributed by atoms with E-state index in [1.54, 1.807) is 12.1 Å². The summed E-state index contributed by atoms with van der Waals surface area (Å²) in [4.78, 5) is 11.7. The van der Waals surface area contributed by atoms with Gasteiger partial charge in [0.05, 0.1) is 10.2 Å². The van der Waals surface area contributed by atoms with Crippen molar-refractivity contribution in [2.45, 2.75) is 0 Å². The standard InChI is InChI=1S/C15H11BrFNO/c16-15-12(17)7-4-8-13(15)18-14(19)10-9-11-5-2-1-3-6-11/h1-10H,(H,18,19)/b10-9-. The van der Waals surface area contributed by atoms with E-state index in [0.29, 0.717) is 5.69 Å². The maximum absolute atomic E-state index is 13.3. The van der Waals surface area contributed by atoms with Crippen LogP contribution < -0.4 is 5.32 Å². The van der Waals surface area contributed by atoms with Crippen molar-refractivity contribution in [1.29, 1.82) is 0 Å². The van der Waals surface area contributed by atoms with Crippen LogP contribution in [0.2, 0.25) is 0 Å². The van der Waals surface area contributed by atoms with Crippen LogP contribution >= 0.6 is 15.9 Å². The molecule has 1 amide bonds. The predicted octanol–water partition coefficient (Wildman–Crippen LogP) is 4.24. The van der Waals surface area contributed by atoms with Gasteiger partial charge in [-0.3, -0.25) is 4.79 Å². The average Bonchev–Trinajstić information content (AvgIpc) is 2.43. The number of rotatable bonds is 3. The maximum Gasteiger partial charge on any atom is 0.248 e. The van der Waals surface area contributed by atoms with Gasteiger partial charge in [0.1, 0.15) is 5.82 Å². The molecule has 0 saturated heterocycles. The number of hydrogen-bond donors (Lipinski definition) is 1. The molecule has 2 aromatic rings. The molecule has 0 heterocycles. The van der Waals surface area contributed by atoms with Crippen LogP contribution in [0.25, 0.3) is 6.08 Å². The van der Waals surface area contributed by atoms with E-state index in [1.807, 2.05) is 30.3 Å². The zero-order chi connectivity index (χ0) is 13.7. The molecular weight excluding hydrogens is 309 g/mol. The molecule has 0 fully saturated rings. The van der Waals surface area contributed by atoms with E-state index >= 15 is 0 Å². The quantitative estimate of drug-likeness (QED) is 0.842. The summed E-state index contributed by atoms with van der Waals surface area (Å²) < 4.78 is 13.5. The van der Waals surface area contributed by atoms with Gasteiger partial charge in [0.25, 0.3) is 0 Å². The molecule has 2 aromatic carbocycles. The van der Waals surface area contributed by atoms with Crippen LogP contribution in [0.15, 0.2) is 59.1 Å². The summed E-state index contributed by atoms with van der Waals surface area (Å²) in [6.45, 7) is 0. The monoisotopic (exact) mass is 319 g/mol. The minimum absolute atomic E-state index is 0.247. The Hall–Kier alpha value is -1.94. The van der Waals surface area contributed by atoms with Crippen molar-refractivity contribution in [3.05, 3.63) is 70.5 Å². The van der Waals surface area contributed by atoms with Crippen molar-refractivity contribution in [3.63, 3.8) is 0 Å². The number of halogens is 2. The van der Waals surface area contributed by atoms with Crippen LogP contribution in [-0.4, -0.2) is 5.91 Å². The predicted molar refractivity (Wildman–Crippen MR) is 78.2 cm³/mol. The van der Waals surface area contributed by atoms with Gasteiger partial charge in [-0.25, -0.2) is 4.39 Å².